The summed E-state index contributed by atoms with van der Waals surface area (Å²) in [5.74, 6) is -1.03. The van der Waals surface area contributed by atoms with Crippen LogP contribution in [0.2, 0.25) is 0 Å². The van der Waals surface area contributed by atoms with Gasteiger partial charge in [0.1, 0.15) is 11.4 Å². The third-order valence-corrected chi connectivity index (χ3v) is 3.10. The van der Waals surface area contributed by atoms with Gasteiger partial charge >= 0.3 is 12.3 Å². The maximum Gasteiger partial charge on any atom is 0.573 e. The van der Waals surface area contributed by atoms with Crippen molar-refractivity contribution in [3.8, 4) is 17.1 Å². The first-order valence-electron chi connectivity index (χ1n) is 6.52. The largest absolute Gasteiger partial charge is 0.573 e. The zero-order valence-electron chi connectivity index (χ0n) is 12.1. The van der Waals surface area contributed by atoms with Gasteiger partial charge in [0.25, 0.3) is 0 Å². The first-order valence-corrected chi connectivity index (χ1v) is 6.52. The zero-order valence-corrected chi connectivity index (χ0v) is 12.1. The molecule has 0 spiro atoms. The highest BCUT2D eigenvalue weighted by molar-refractivity contribution is 5.94. The van der Waals surface area contributed by atoms with Crippen molar-refractivity contribution in [3.05, 3.63) is 36.2 Å². The lowest BCUT2D eigenvalue weighted by Gasteiger charge is -2.09. The molecule has 0 aliphatic heterocycles. The van der Waals surface area contributed by atoms with Gasteiger partial charge in [0.15, 0.2) is 5.69 Å². The number of hydrogen-bond donors (Lipinski definition) is 1. The van der Waals surface area contributed by atoms with Gasteiger partial charge in [-0.1, -0.05) is 6.07 Å². The molecule has 0 aliphatic carbocycles. The minimum absolute atomic E-state index is 0.0404. The van der Waals surface area contributed by atoms with Gasteiger partial charge in [0.2, 0.25) is 0 Å². The summed E-state index contributed by atoms with van der Waals surface area (Å²) >= 11 is 0. The molecule has 0 atom stereocenters. The molecule has 24 heavy (non-hydrogen) atoms. The lowest BCUT2D eigenvalue weighted by Crippen LogP contribution is -2.16. The van der Waals surface area contributed by atoms with Gasteiger partial charge in [-0.25, -0.2) is 4.79 Å². The summed E-state index contributed by atoms with van der Waals surface area (Å²) in [4.78, 5) is 15.7. The van der Waals surface area contributed by atoms with Crippen LogP contribution in [-0.2, 0) is 4.74 Å². The predicted molar refractivity (Wildman–Crippen MR) is 75.1 cm³/mol. The second kappa shape index (κ2) is 5.80. The maximum atomic E-state index is 12.2. The standard InChI is InChI=1S/C14H9F3N4O3/c1-23-13(22)12-11(19-21-20-12)10-5-7-2-3-9(24-14(15,16)17)4-8(7)6-18-10/h2-6H,1H3,(H,19,20,21). The number of aromatic amines is 1. The molecule has 3 rings (SSSR count). The van der Waals surface area contributed by atoms with Crippen LogP contribution in [0.5, 0.6) is 5.75 Å². The lowest BCUT2D eigenvalue weighted by molar-refractivity contribution is -0.274. The molecule has 3 aromatic rings. The first kappa shape index (κ1) is 15.7. The van der Waals surface area contributed by atoms with Crippen molar-refractivity contribution in [2.75, 3.05) is 7.11 Å². The zero-order chi connectivity index (χ0) is 17.3. The number of halogens is 3. The molecule has 10 heteroatoms. The molecule has 0 radical (unpaired) electrons. The summed E-state index contributed by atoms with van der Waals surface area (Å²) in [5.41, 5.74) is 0.460. The van der Waals surface area contributed by atoms with Crippen LogP contribution in [0.15, 0.2) is 30.5 Å². The second-order valence-electron chi connectivity index (χ2n) is 4.64. The number of carbonyl (C=O) groups is 1. The van der Waals surface area contributed by atoms with Crippen molar-refractivity contribution in [2.45, 2.75) is 6.36 Å². The summed E-state index contributed by atoms with van der Waals surface area (Å²) in [7, 11) is 1.21. The van der Waals surface area contributed by atoms with Crippen molar-refractivity contribution < 1.29 is 27.4 Å². The predicted octanol–water partition coefficient (Wildman–Crippen LogP) is 2.71. The van der Waals surface area contributed by atoms with Crippen LogP contribution >= 0.6 is 0 Å². The van der Waals surface area contributed by atoms with E-state index in [2.05, 4.69) is 29.9 Å². The molecule has 0 saturated carbocycles. The van der Waals surface area contributed by atoms with Crippen LogP contribution in [0.1, 0.15) is 10.5 Å². The van der Waals surface area contributed by atoms with Crippen LogP contribution in [0, 0.1) is 0 Å². The Morgan fingerprint density at radius 1 is 1.17 bits per heavy atom. The van der Waals surface area contributed by atoms with E-state index in [1.165, 1.54) is 31.5 Å². The molecule has 2 aromatic heterocycles. The van der Waals surface area contributed by atoms with E-state index < -0.39 is 12.3 Å². The number of esters is 1. The number of rotatable bonds is 3. The minimum atomic E-state index is -4.77. The van der Waals surface area contributed by atoms with E-state index in [1.807, 2.05) is 0 Å². The number of aromatic nitrogens is 4. The number of nitrogens with zero attached hydrogens (tertiary/aromatic N) is 3. The van der Waals surface area contributed by atoms with Crippen LogP contribution in [-0.4, -0.2) is 39.8 Å². The Morgan fingerprint density at radius 2 is 1.96 bits per heavy atom. The highest BCUT2D eigenvalue weighted by Gasteiger charge is 2.31. The fraction of sp³-hybridized carbons (Fsp3) is 0.143. The monoisotopic (exact) mass is 338 g/mol. The fourth-order valence-electron chi connectivity index (χ4n) is 2.09. The highest BCUT2D eigenvalue weighted by atomic mass is 19.4. The first-order chi connectivity index (χ1) is 11.4. The van der Waals surface area contributed by atoms with Crippen molar-refractivity contribution in [1.82, 2.24) is 20.4 Å². The number of ether oxygens (including phenoxy) is 2. The molecular weight excluding hydrogens is 329 g/mol. The second-order valence-corrected chi connectivity index (χ2v) is 4.64. The Balaban J connectivity index is 2.00. The number of H-pyrrole nitrogens is 1. The van der Waals surface area contributed by atoms with Gasteiger partial charge < -0.3 is 9.47 Å². The van der Waals surface area contributed by atoms with Crippen molar-refractivity contribution in [2.24, 2.45) is 0 Å². The van der Waals surface area contributed by atoms with E-state index in [-0.39, 0.29) is 17.1 Å². The number of alkyl halides is 3. The van der Waals surface area contributed by atoms with Gasteiger partial charge in [0.05, 0.1) is 12.8 Å². The Morgan fingerprint density at radius 3 is 2.67 bits per heavy atom. The molecule has 2 heterocycles. The SMILES string of the molecule is COC(=O)c1n[nH]nc1-c1cc2ccc(OC(F)(F)F)cc2cn1. The lowest BCUT2D eigenvalue weighted by atomic mass is 10.1. The average Bonchev–Trinajstić information content (AvgIpc) is 3.01. The Kier molecular flexibility index (Phi) is 3.80. The molecule has 1 N–H and O–H groups in total. The van der Waals surface area contributed by atoms with Crippen molar-refractivity contribution >= 4 is 16.7 Å². The summed E-state index contributed by atoms with van der Waals surface area (Å²) in [5, 5.41) is 10.9. The number of methoxy groups -OCH3 is 1. The minimum Gasteiger partial charge on any atom is -0.464 e. The molecule has 0 saturated heterocycles. The van der Waals surface area contributed by atoms with Crippen LogP contribution < -0.4 is 4.74 Å². The third-order valence-electron chi connectivity index (χ3n) is 3.10. The summed E-state index contributed by atoms with van der Waals surface area (Å²) < 4.78 is 45.2. The van der Waals surface area contributed by atoms with E-state index >= 15 is 0 Å². The molecule has 0 fully saturated rings. The Hall–Kier alpha value is -3.17. The summed E-state index contributed by atoms with van der Waals surface area (Å²) in [6.07, 6.45) is -3.42. The number of fused-ring (bicyclic) bond motifs is 1. The highest BCUT2D eigenvalue weighted by Crippen LogP contribution is 2.28. The molecule has 0 aliphatic rings. The maximum absolute atomic E-state index is 12.2. The summed E-state index contributed by atoms with van der Waals surface area (Å²) in [6, 6.07) is 5.41. The number of carbonyl (C=O) groups excluding carboxylic acids is 1. The third kappa shape index (κ3) is 3.12. The van der Waals surface area contributed by atoms with Crippen molar-refractivity contribution in [3.63, 3.8) is 0 Å². The van der Waals surface area contributed by atoms with E-state index in [0.717, 1.165) is 0 Å². The molecule has 1 aromatic carbocycles. The van der Waals surface area contributed by atoms with Crippen LogP contribution in [0.3, 0.4) is 0 Å². The smallest absolute Gasteiger partial charge is 0.464 e. The van der Waals surface area contributed by atoms with Crippen LogP contribution in [0.4, 0.5) is 13.2 Å². The number of nitrogens with one attached hydrogen (secondary N) is 1. The Bertz CT molecular complexity index is 908. The Labute approximate surface area is 132 Å². The molecule has 124 valence electrons. The van der Waals surface area contributed by atoms with E-state index in [4.69, 9.17) is 0 Å². The normalized spacial score (nSPS) is 11.5. The topological polar surface area (TPSA) is 90.0 Å². The van der Waals surface area contributed by atoms with Gasteiger partial charge in [0, 0.05) is 11.6 Å². The average molecular weight is 338 g/mol. The van der Waals surface area contributed by atoms with E-state index in [1.54, 1.807) is 6.07 Å². The number of benzene rings is 1. The van der Waals surface area contributed by atoms with Gasteiger partial charge in [-0.15, -0.1) is 18.3 Å². The molecule has 0 amide bonds. The molecular formula is C14H9F3N4O3. The van der Waals surface area contributed by atoms with Gasteiger partial charge in [-0.05, 0) is 23.6 Å². The van der Waals surface area contributed by atoms with Gasteiger partial charge in [-0.3, -0.25) is 4.98 Å². The molecule has 0 unspecified atom stereocenters. The van der Waals surface area contributed by atoms with E-state index in [9.17, 15) is 18.0 Å². The van der Waals surface area contributed by atoms with Crippen molar-refractivity contribution in [1.29, 1.82) is 0 Å². The fourth-order valence-corrected chi connectivity index (χ4v) is 2.09. The number of pyridine rings is 1. The summed E-state index contributed by atoms with van der Waals surface area (Å²) in [6.45, 7) is 0. The van der Waals surface area contributed by atoms with Crippen LogP contribution in [0.25, 0.3) is 22.2 Å². The van der Waals surface area contributed by atoms with E-state index in [0.29, 0.717) is 16.5 Å². The molecule has 7 nitrogen and oxygen atoms in total. The van der Waals surface area contributed by atoms with Gasteiger partial charge in [-0.2, -0.15) is 10.3 Å². The molecule has 0 bridgehead atoms. The quantitative estimate of drug-likeness (QED) is 0.739. The number of hydrogen-bond acceptors (Lipinski definition) is 6.